The van der Waals surface area contributed by atoms with Crippen molar-refractivity contribution in [3.63, 3.8) is 0 Å². The molecular formula is C11H10ClN3. The Morgan fingerprint density at radius 1 is 1.07 bits per heavy atom. The molecule has 4 heteroatoms. The first-order valence-corrected chi connectivity index (χ1v) is 4.87. The molecule has 1 aromatic heterocycles. The molecule has 3 nitrogen and oxygen atoms in total. The summed E-state index contributed by atoms with van der Waals surface area (Å²) in [6.45, 7) is 0. The monoisotopic (exact) mass is 219 g/mol. The summed E-state index contributed by atoms with van der Waals surface area (Å²) >= 11 is 5.46. The number of hydrogen-bond acceptors (Lipinski definition) is 3. The minimum atomic E-state index is 0.395. The van der Waals surface area contributed by atoms with Gasteiger partial charge in [0, 0.05) is 17.3 Å². The van der Waals surface area contributed by atoms with Gasteiger partial charge >= 0.3 is 0 Å². The van der Waals surface area contributed by atoms with E-state index in [-0.39, 0.29) is 0 Å². The van der Waals surface area contributed by atoms with Crippen LogP contribution in [0.5, 0.6) is 0 Å². The fourth-order valence-corrected chi connectivity index (χ4v) is 1.48. The maximum absolute atomic E-state index is 5.71. The molecule has 0 fully saturated rings. The van der Waals surface area contributed by atoms with Crippen molar-refractivity contribution in [1.29, 1.82) is 0 Å². The van der Waals surface area contributed by atoms with E-state index in [4.69, 9.17) is 17.5 Å². The predicted octanol–water partition coefficient (Wildman–Crippen LogP) is 2.90. The largest absolute Gasteiger partial charge is 0.382 e. The molecule has 0 aliphatic rings. The second kappa shape index (κ2) is 4.19. The molecule has 0 bridgehead atoms. The zero-order chi connectivity index (χ0) is 10.7. The molecule has 2 rings (SSSR count). The van der Waals surface area contributed by atoms with E-state index < -0.39 is 0 Å². The van der Waals surface area contributed by atoms with Crippen LogP contribution < -0.4 is 10.6 Å². The number of pyridine rings is 1. The van der Waals surface area contributed by atoms with Gasteiger partial charge in [-0.05, 0) is 12.1 Å². The third-order valence-corrected chi connectivity index (χ3v) is 2.30. The Morgan fingerprint density at radius 2 is 1.80 bits per heavy atom. The van der Waals surface area contributed by atoms with Gasteiger partial charge in [0.2, 0.25) is 0 Å². The number of aromatic nitrogens is 1. The fourth-order valence-electron chi connectivity index (χ4n) is 1.32. The molecule has 76 valence electrons. The normalized spacial score (nSPS) is 9.93. The Kier molecular flexibility index (Phi) is 2.74. The minimum absolute atomic E-state index is 0.395. The molecule has 0 saturated heterocycles. The average Bonchev–Trinajstić information content (AvgIpc) is 2.30. The lowest BCUT2D eigenvalue weighted by atomic mass is 10.1. The van der Waals surface area contributed by atoms with Crippen LogP contribution in [0.2, 0.25) is 0 Å². The van der Waals surface area contributed by atoms with E-state index in [1.807, 2.05) is 36.4 Å². The van der Waals surface area contributed by atoms with Crippen molar-refractivity contribution in [2.24, 2.45) is 0 Å². The number of nitrogens with one attached hydrogen (secondary N) is 1. The van der Waals surface area contributed by atoms with Crippen molar-refractivity contribution in [2.75, 3.05) is 10.6 Å². The molecule has 2 aromatic rings. The van der Waals surface area contributed by atoms with E-state index in [0.29, 0.717) is 11.5 Å². The molecular weight excluding hydrogens is 210 g/mol. The van der Waals surface area contributed by atoms with Gasteiger partial charge in [0.25, 0.3) is 0 Å². The zero-order valence-corrected chi connectivity index (χ0v) is 8.70. The second-order valence-electron chi connectivity index (χ2n) is 3.09. The lowest BCUT2D eigenvalue weighted by molar-refractivity contribution is 1.33. The Labute approximate surface area is 93.0 Å². The smallest absolute Gasteiger partial charge is 0.148 e. The summed E-state index contributed by atoms with van der Waals surface area (Å²) in [5.74, 6) is 0.395. The highest BCUT2D eigenvalue weighted by atomic mass is 35.5. The van der Waals surface area contributed by atoms with E-state index in [9.17, 15) is 0 Å². The standard InChI is InChI=1S/C11H10ClN3/c12-15-10-7-6-9(14-11(10)13)8-4-2-1-3-5-8/h1-7,15H,(H2,13,14). The number of nitrogen functional groups attached to an aromatic ring is 1. The van der Waals surface area contributed by atoms with Crippen LogP contribution in [0, 0.1) is 0 Å². The number of nitrogens with two attached hydrogens (primary N) is 1. The number of hydrogen-bond donors (Lipinski definition) is 2. The Hall–Kier alpha value is -1.74. The molecule has 1 heterocycles. The van der Waals surface area contributed by atoms with Gasteiger partial charge in [0.1, 0.15) is 5.82 Å². The molecule has 0 atom stereocenters. The lowest BCUT2D eigenvalue weighted by Crippen LogP contribution is -1.96. The van der Waals surface area contributed by atoms with Gasteiger partial charge in [-0.3, -0.25) is 4.84 Å². The van der Waals surface area contributed by atoms with Crippen molar-refractivity contribution < 1.29 is 0 Å². The van der Waals surface area contributed by atoms with E-state index in [2.05, 4.69) is 9.82 Å². The summed E-state index contributed by atoms with van der Waals surface area (Å²) in [5.41, 5.74) is 8.20. The molecule has 0 aliphatic heterocycles. The molecule has 1 aromatic carbocycles. The van der Waals surface area contributed by atoms with Crippen LogP contribution in [0.25, 0.3) is 11.3 Å². The van der Waals surface area contributed by atoms with Gasteiger partial charge in [-0.25, -0.2) is 4.98 Å². The summed E-state index contributed by atoms with van der Waals surface area (Å²) in [6.07, 6.45) is 0. The highest BCUT2D eigenvalue weighted by Crippen LogP contribution is 2.23. The molecule has 0 spiro atoms. The van der Waals surface area contributed by atoms with E-state index in [1.165, 1.54) is 0 Å². The van der Waals surface area contributed by atoms with Crippen molar-refractivity contribution in [2.45, 2.75) is 0 Å². The number of benzene rings is 1. The van der Waals surface area contributed by atoms with Gasteiger partial charge in [-0.1, -0.05) is 30.3 Å². The molecule has 0 saturated carbocycles. The molecule has 0 aliphatic carbocycles. The first-order chi connectivity index (χ1) is 7.31. The maximum atomic E-state index is 5.71. The lowest BCUT2D eigenvalue weighted by Gasteiger charge is -2.05. The van der Waals surface area contributed by atoms with Gasteiger partial charge in [0.15, 0.2) is 0 Å². The highest BCUT2D eigenvalue weighted by molar-refractivity contribution is 6.24. The summed E-state index contributed by atoms with van der Waals surface area (Å²) in [4.78, 5) is 6.70. The van der Waals surface area contributed by atoms with Crippen LogP contribution in [0.15, 0.2) is 42.5 Å². The van der Waals surface area contributed by atoms with Crippen LogP contribution in [0.4, 0.5) is 11.5 Å². The maximum Gasteiger partial charge on any atom is 0.148 e. The summed E-state index contributed by atoms with van der Waals surface area (Å²) in [7, 11) is 0. The van der Waals surface area contributed by atoms with Crippen LogP contribution in [0.3, 0.4) is 0 Å². The second-order valence-corrected chi connectivity index (χ2v) is 3.28. The van der Waals surface area contributed by atoms with Crippen LogP contribution in [-0.2, 0) is 0 Å². The first-order valence-electron chi connectivity index (χ1n) is 4.50. The van der Waals surface area contributed by atoms with E-state index in [0.717, 1.165) is 11.3 Å². The van der Waals surface area contributed by atoms with Crippen molar-refractivity contribution in [3.8, 4) is 11.3 Å². The SMILES string of the molecule is Nc1nc(-c2ccccc2)ccc1NCl. The fraction of sp³-hybridized carbons (Fsp3) is 0. The van der Waals surface area contributed by atoms with Crippen molar-refractivity contribution in [1.82, 2.24) is 4.98 Å². The van der Waals surface area contributed by atoms with Gasteiger partial charge in [-0.2, -0.15) is 0 Å². The number of halogens is 1. The quantitative estimate of drug-likeness (QED) is 0.764. The summed E-state index contributed by atoms with van der Waals surface area (Å²) in [6, 6.07) is 13.5. The van der Waals surface area contributed by atoms with Crippen LogP contribution in [0.1, 0.15) is 0 Å². The Balaban J connectivity index is 2.43. The van der Waals surface area contributed by atoms with Crippen LogP contribution in [-0.4, -0.2) is 4.98 Å². The average molecular weight is 220 g/mol. The third kappa shape index (κ3) is 2.02. The molecule has 15 heavy (non-hydrogen) atoms. The van der Waals surface area contributed by atoms with E-state index in [1.54, 1.807) is 6.07 Å². The number of anilines is 2. The Morgan fingerprint density at radius 3 is 2.40 bits per heavy atom. The predicted molar refractivity (Wildman–Crippen MR) is 63.6 cm³/mol. The summed E-state index contributed by atoms with van der Waals surface area (Å²) < 4.78 is 0. The first kappa shape index (κ1) is 9.80. The molecule has 0 amide bonds. The van der Waals surface area contributed by atoms with Gasteiger partial charge < -0.3 is 5.73 Å². The van der Waals surface area contributed by atoms with Crippen molar-refractivity contribution in [3.05, 3.63) is 42.5 Å². The summed E-state index contributed by atoms with van der Waals surface area (Å²) in [5, 5.41) is 0. The minimum Gasteiger partial charge on any atom is -0.382 e. The highest BCUT2D eigenvalue weighted by Gasteiger charge is 2.02. The Bertz CT molecular complexity index is 457. The molecule has 0 radical (unpaired) electrons. The number of rotatable bonds is 2. The van der Waals surface area contributed by atoms with Gasteiger partial charge in [-0.15, -0.1) is 0 Å². The van der Waals surface area contributed by atoms with Crippen LogP contribution >= 0.6 is 11.8 Å². The van der Waals surface area contributed by atoms with E-state index >= 15 is 0 Å². The molecule has 3 N–H and O–H groups in total. The number of nitrogens with zero attached hydrogens (tertiary/aromatic N) is 1. The van der Waals surface area contributed by atoms with Crippen molar-refractivity contribution >= 4 is 23.3 Å². The van der Waals surface area contributed by atoms with Gasteiger partial charge in [0.05, 0.1) is 11.4 Å². The molecule has 0 unspecified atom stereocenters. The third-order valence-electron chi connectivity index (χ3n) is 2.10. The zero-order valence-electron chi connectivity index (χ0n) is 7.94. The topological polar surface area (TPSA) is 50.9 Å².